The molecule has 27 heavy (non-hydrogen) atoms. The Labute approximate surface area is 161 Å². The highest BCUT2D eigenvalue weighted by Gasteiger charge is 2.17. The molecule has 0 spiro atoms. The summed E-state index contributed by atoms with van der Waals surface area (Å²) >= 11 is 3.42. The molecule has 0 fully saturated rings. The lowest BCUT2D eigenvalue weighted by Crippen LogP contribution is -2.13. The standard InChI is InChI=1S/C19H11BrFN3O3/c20-14-8-7-11(22-17(25)12-4-1-2-5-15(12)21)10-13(14)18-23-24-19(27-18)16-6-3-9-26-16/h1-10H,(H,22,25). The lowest BCUT2D eigenvalue weighted by molar-refractivity contribution is 0.102. The molecule has 0 saturated carbocycles. The minimum atomic E-state index is -0.590. The van der Waals surface area contributed by atoms with Crippen LogP contribution in [0.5, 0.6) is 0 Å². The van der Waals surface area contributed by atoms with Crippen LogP contribution in [0.2, 0.25) is 0 Å². The quantitative estimate of drug-likeness (QED) is 0.486. The van der Waals surface area contributed by atoms with Crippen LogP contribution >= 0.6 is 15.9 Å². The number of amides is 1. The van der Waals surface area contributed by atoms with Gasteiger partial charge in [-0.3, -0.25) is 4.79 Å². The Balaban J connectivity index is 1.62. The molecule has 4 rings (SSSR count). The van der Waals surface area contributed by atoms with Crippen LogP contribution in [0, 0.1) is 5.82 Å². The fraction of sp³-hybridized carbons (Fsp3) is 0. The minimum absolute atomic E-state index is 0.0418. The van der Waals surface area contributed by atoms with Crippen molar-refractivity contribution in [1.82, 2.24) is 10.2 Å². The number of hydrogen-bond donors (Lipinski definition) is 1. The second kappa shape index (κ2) is 7.16. The van der Waals surface area contributed by atoms with E-state index < -0.39 is 11.7 Å². The van der Waals surface area contributed by atoms with Gasteiger partial charge in [-0.2, -0.15) is 0 Å². The van der Waals surface area contributed by atoms with E-state index in [2.05, 4.69) is 31.4 Å². The zero-order chi connectivity index (χ0) is 18.8. The molecule has 0 aliphatic heterocycles. The lowest BCUT2D eigenvalue weighted by Gasteiger charge is -2.08. The zero-order valence-electron chi connectivity index (χ0n) is 13.6. The molecule has 0 unspecified atom stereocenters. The van der Waals surface area contributed by atoms with Gasteiger partial charge in [-0.1, -0.05) is 12.1 Å². The molecule has 4 aromatic rings. The number of carbonyl (C=O) groups is 1. The molecule has 2 heterocycles. The fourth-order valence-corrected chi connectivity index (χ4v) is 2.86. The van der Waals surface area contributed by atoms with Crippen LogP contribution in [-0.2, 0) is 0 Å². The summed E-state index contributed by atoms with van der Waals surface area (Å²) in [6, 6.07) is 14.2. The number of furan rings is 1. The first-order chi connectivity index (χ1) is 13.1. The van der Waals surface area contributed by atoms with E-state index in [0.717, 1.165) is 0 Å². The molecule has 134 valence electrons. The number of carbonyl (C=O) groups excluding carboxylic acids is 1. The summed E-state index contributed by atoms with van der Waals surface area (Å²) < 4.78 is 25.3. The normalized spacial score (nSPS) is 10.7. The largest absolute Gasteiger partial charge is 0.459 e. The van der Waals surface area contributed by atoms with Crippen molar-refractivity contribution in [2.45, 2.75) is 0 Å². The van der Waals surface area contributed by atoms with E-state index in [9.17, 15) is 9.18 Å². The first-order valence-electron chi connectivity index (χ1n) is 7.85. The van der Waals surface area contributed by atoms with Gasteiger partial charge in [0.25, 0.3) is 11.8 Å². The Hall–Kier alpha value is -3.26. The van der Waals surface area contributed by atoms with Crippen LogP contribution in [0.3, 0.4) is 0 Å². The monoisotopic (exact) mass is 427 g/mol. The average Bonchev–Trinajstić information content (AvgIpc) is 3.35. The summed E-state index contributed by atoms with van der Waals surface area (Å²) in [6.45, 7) is 0. The number of benzene rings is 2. The third-order valence-corrected chi connectivity index (χ3v) is 4.42. The summed E-state index contributed by atoms with van der Waals surface area (Å²) in [5.74, 6) is -0.206. The van der Waals surface area contributed by atoms with Gasteiger partial charge < -0.3 is 14.2 Å². The summed E-state index contributed by atoms with van der Waals surface area (Å²) in [5, 5.41) is 10.6. The van der Waals surface area contributed by atoms with Gasteiger partial charge in [0.15, 0.2) is 5.76 Å². The predicted octanol–water partition coefficient (Wildman–Crippen LogP) is 5.15. The Bertz CT molecular complexity index is 1110. The molecule has 0 aliphatic carbocycles. The van der Waals surface area contributed by atoms with E-state index in [0.29, 0.717) is 21.5 Å². The van der Waals surface area contributed by atoms with Crippen LogP contribution < -0.4 is 5.32 Å². The fourth-order valence-electron chi connectivity index (χ4n) is 2.44. The zero-order valence-corrected chi connectivity index (χ0v) is 15.2. The van der Waals surface area contributed by atoms with Gasteiger partial charge in [0.2, 0.25) is 5.89 Å². The van der Waals surface area contributed by atoms with Crippen molar-refractivity contribution in [1.29, 1.82) is 0 Å². The van der Waals surface area contributed by atoms with E-state index in [4.69, 9.17) is 8.83 Å². The summed E-state index contributed by atoms with van der Waals surface area (Å²) in [7, 11) is 0. The Morgan fingerprint density at radius 1 is 1.04 bits per heavy atom. The van der Waals surface area contributed by atoms with Gasteiger partial charge in [-0.15, -0.1) is 10.2 Å². The topological polar surface area (TPSA) is 81.2 Å². The van der Waals surface area contributed by atoms with E-state index in [1.807, 2.05) is 0 Å². The number of rotatable bonds is 4. The van der Waals surface area contributed by atoms with E-state index in [-0.39, 0.29) is 17.3 Å². The molecule has 0 saturated heterocycles. The van der Waals surface area contributed by atoms with E-state index >= 15 is 0 Å². The Morgan fingerprint density at radius 2 is 1.85 bits per heavy atom. The highest BCUT2D eigenvalue weighted by Crippen LogP contribution is 2.32. The van der Waals surface area contributed by atoms with Gasteiger partial charge in [0.1, 0.15) is 5.82 Å². The maximum absolute atomic E-state index is 13.8. The third kappa shape index (κ3) is 3.52. The van der Waals surface area contributed by atoms with Gasteiger partial charge in [0, 0.05) is 10.2 Å². The van der Waals surface area contributed by atoms with Crippen LogP contribution in [0.4, 0.5) is 10.1 Å². The van der Waals surface area contributed by atoms with Crippen LogP contribution in [0.1, 0.15) is 10.4 Å². The molecular weight excluding hydrogens is 417 g/mol. The van der Waals surface area contributed by atoms with E-state index in [1.54, 1.807) is 36.4 Å². The lowest BCUT2D eigenvalue weighted by atomic mass is 10.1. The second-order valence-electron chi connectivity index (χ2n) is 5.52. The minimum Gasteiger partial charge on any atom is -0.459 e. The molecular formula is C19H11BrFN3O3. The van der Waals surface area contributed by atoms with Crippen molar-refractivity contribution >= 4 is 27.5 Å². The maximum Gasteiger partial charge on any atom is 0.283 e. The third-order valence-electron chi connectivity index (χ3n) is 3.73. The van der Waals surface area contributed by atoms with Crippen molar-refractivity contribution < 1.29 is 18.0 Å². The molecule has 0 bridgehead atoms. The highest BCUT2D eigenvalue weighted by atomic mass is 79.9. The van der Waals surface area contributed by atoms with Gasteiger partial charge in [-0.05, 0) is 58.4 Å². The number of hydrogen-bond acceptors (Lipinski definition) is 5. The molecule has 0 radical (unpaired) electrons. The SMILES string of the molecule is O=C(Nc1ccc(Br)c(-c2nnc(-c3ccco3)o2)c1)c1ccccc1F. The van der Waals surface area contributed by atoms with Gasteiger partial charge in [0.05, 0.1) is 17.4 Å². The van der Waals surface area contributed by atoms with Crippen LogP contribution in [0.15, 0.2) is 74.2 Å². The molecule has 1 amide bonds. The Morgan fingerprint density at radius 3 is 2.63 bits per heavy atom. The maximum atomic E-state index is 13.8. The van der Waals surface area contributed by atoms with Crippen LogP contribution in [0.25, 0.3) is 23.1 Å². The highest BCUT2D eigenvalue weighted by molar-refractivity contribution is 9.10. The summed E-state index contributed by atoms with van der Waals surface area (Å²) in [6.07, 6.45) is 1.51. The summed E-state index contributed by atoms with van der Waals surface area (Å²) in [4.78, 5) is 12.3. The smallest absolute Gasteiger partial charge is 0.283 e. The molecule has 0 atom stereocenters. The molecule has 0 aliphatic rings. The number of aromatic nitrogens is 2. The van der Waals surface area contributed by atoms with Gasteiger partial charge >= 0.3 is 0 Å². The number of nitrogens with zero attached hydrogens (tertiary/aromatic N) is 2. The second-order valence-corrected chi connectivity index (χ2v) is 6.37. The average molecular weight is 428 g/mol. The first kappa shape index (κ1) is 17.2. The van der Waals surface area contributed by atoms with Crippen LogP contribution in [-0.4, -0.2) is 16.1 Å². The molecule has 2 aromatic heterocycles. The number of nitrogens with one attached hydrogen (secondary N) is 1. The number of anilines is 1. The summed E-state index contributed by atoms with van der Waals surface area (Å²) in [5.41, 5.74) is 0.991. The van der Waals surface area contributed by atoms with Crippen molar-refractivity contribution in [2.24, 2.45) is 0 Å². The Kier molecular flexibility index (Phi) is 4.55. The molecule has 2 aromatic carbocycles. The van der Waals surface area contributed by atoms with E-state index in [1.165, 1.54) is 24.5 Å². The van der Waals surface area contributed by atoms with Crippen molar-refractivity contribution in [3.63, 3.8) is 0 Å². The van der Waals surface area contributed by atoms with Crippen molar-refractivity contribution in [3.8, 4) is 23.1 Å². The van der Waals surface area contributed by atoms with Gasteiger partial charge in [-0.25, -0.2) is 4.39 Å². The van der Waals surface area contributed by atoms with Crippen molar-refractivity contribution in [2.75, 3.05) is 5.32 Å². The predicted molar refractivity (Wildman–Crippen MR) is 99.5 cm³/mol. The molecule has 8 heteroatoms. The molecule has 1 N–H and O–H groups in total. The first-order valence-corrected chi connectivity index (χ1v) is 8.64. The number of halogens is 2. The van der Waals surface area contributed by atoms with Crippen molar-refractivity contribution in [3.05, 3.63) is 76.7 Å². The molecule has 6 nitrogen and oxygen atoms in total.